The Bertz CT molecular complexity index is 1110. The average Bonchev–Trinajstić information content (AvgIpc) is 3.47. The molecule has 0 saturated heterocycles. The lowest BCUT2D eigenvalue weighted by Gasteiger charge is -2.08. The molecular weight excluding hydrogens is 340 g/mol. The summed E-state index contributed by atoms with van der Waals surface area (Å²) in [6.07, 6.45) is 7.71. The fraction of sp³-hybridized carbons (Fsp3) is 0.250. The van der Waals surface area contributed by atoms with Gasteiger partial charge in [0.25, 0.3) is 0 Å². The molecule has 0 bridgehead atoms. The van der Waals surface area contributed by atoms with Crippen molar-refractivity contribution >= 4 is 11.0 Å². The van der Waals surface area contributed by atoms with E-state index in [1.165, 1.54) is 12.8 Å². The van der Waals surface area contributed by atoms with E-state index >= 15 is 0 Å². The molecule has 0 aliphatic heterocycles. The molecule has 4 heterocycles. The first-order valence-corrected chi connectivity index (χ1v) is 8.91. The van der Waals surface area contributed by atoms with Crippen molar-refractivity contribution in [3.05, 3.63) is 48.2 Å². The van der Waals surface area contributed by atoms with Gasteiger partial charge in [0.1, 0.15) is 0 Å². The predicted octanol–water partition coefficient (Wildman–Crippen LogP) is 3.67. The van der Waals surface area contributed by atoms with Gasteiger partial charge in [-0.3, -0.25) is 15.1 Å². The molecule has 0 aromatic carbocycles. The van der Waals surface area contributed by atoms with E-state index in [-0.39, 0.29) is 0 Å². The SMILES string of the molecule is COc1ccc(-c2cc(-c3cnc(C)cn3)c3c(C4CC4)[nH]nc3n2)cn1. The second kappa shape index (κ2) is 6.12. The standard InChI is InChI=1S/C20H18N6O/c1-11-8-22-16(10-21-11)14-7-15(13-5-6-17(27-2)23-9-13)24-20-18(14)19(25-26-20)12-3-4-12/h5-10,12H,3-4H2,1-2H3,(H,24,25,26). The van der Waals surface area contributed by atoms with Gasteiger partial charge in [-0.05, 0) is 31.9 Å². The number of nitrogens with one attached hydrogen (secondary N) is 1. The van der Waals surface area contributed by atoms with Crippen LogP contribution < -0.4 is 4.74 Å². The number of hydrogen-bond acceptors (Lipinski definition) is 6. The Balaban J connectivity index is 1.72. The van der Waals surface area contributed by atoms with Gasteiger partial charge in [0.05, 0.1) is 35.8 Å². The number of H-pyrrole nitrogens is 1. The molecule has 7 heteroatoms. The predicted molar refractivity (Wildman–Crippen MR) is 101 cm³/mol. The molecule has 0 spiro atoms. The minimum absolute atomic E-state index is 0.530. The Kier molecular flexibility index (Phi) is 3.60. The van der Waals surface area contributed by atoms with Gasteiger partial charge < -0.3 is 4.74 Å². The number of ether oxygens (including phenoxy) is 1. The van der Waals surface area contributed by atoms with E-state index in [0.717, 1.165) is 39.3 Å². The van der Waals surface area contributed by atoms with Crippen molar-refractivity contribution in [3.63, 3.8) is 0 Å². The third-order valence-corrected chi connectivity index (χ3v) is 4.84. The van der Waals surface area contributed by atoms with E-state index < -0.39 is 0 Å². The molecule has 1 aliphatic rings. The summed E-state index contributed by atoms with van der Waals surface area (Å²) in [5.74, 6) is 1.10. The molecule has 1 N–H and O–H groups in total. The number of aromatic amines is 1. The number of nitrogens with zero attached hydrogens (tertiary/aromatic N) is 5. The number of methoxy groups -OCH3 is 1. The molecule has 1 aliphatic carbocycles. The van der Waals surface area contributed by atoms with Crippen molar-refractivity contribution in [2.24, 2.45) is 0 Å². The van der Waals surface area contributed by atoms with E-state index in [0.29, 0.717) is 17.4 Å². The van der Waals surface area contributed by atoms with Crippen LogP contribution in [0.3, 0.4) is 0 Å². The Morgan fingerprint density at radius 2 is 1.93 bits per heavy atom. The molecule has 4 aromatic heterocycles. The molecule has 5 rings (SSSR count). The fourth-order valence-electron chi connectivity index (χ4n) is 3.25. The maximum absolute atomic E-state index is 5.15. The molecule has 0 radical (unpaired) electrons. The third-order valence-electron chi connectivity index (χ3n) is 4.84. The number of rotatable bonds is 4. The van der Waals surface area contributed by atoms with Crippen LogP contribution in [0.1, 0.15) is 30.1 Å². The second-order valence-corrected chi connectivity index (χ2v) is 6.80. The Hall–Kier alpha value is -3.35. The summed E-state index contributed by atoms with van der Waals surface area (Å²) in [6.45, 7) is 1.93. The highest BCUT2D eigenvalue weighted by atomic mass is 16.5. The Morgan fingerprint density at radius 3 is 2.59 bits per heavy atom. The number of fused-ring (bicyclic) bond motifs is 1. The lowest BCUT2D eigenvalue weighted by atomic mass is 10.0. The maximum atomic E-state index is 5.15. The first-order chi connectivity index (χ1) is 13.2. The van der Waals surface area contributed by atoms with Crippen LogP contribution in [0.4, 0.5) is 0 Å². The maximum Gasteiger partial charge on any atom is 0.212 e. The van der Waals surface area contributed by atoms with E-state index in [4.69, 9.17) is 9.72 Å². The van der Waals surface area contributed by atoms with Gasteiger partial charge in [0.2, 0.25) is 5.88 Å². The van der Waals surface area contributed by atoms with Crippen LogP contribution in [0.5, 0.6) is 5.88 Å². The summed E-state index contributed by atoms with van der Waals surface area (Å²) >= 11 is 0. The van der Waals surface area contributed by atoms with Crippen LogP contribution in [0, 0.1) is 6.92 Å². The van der Waals surface area contributed by atoms with Gasteiger partial charge in [0.15, 0.2) is 5.65 Å². The zero-order valence-corrected chi connectivity index (χ0v) is 15.1. The van der Waals surface area contributed by atoms with Gasteiger partial charge in [-0.25, -0.2) is 9.97 Å². The topological polar surface area (TPSA) is 89.5 Å². The third kappa shape index (κ3) is 2.81. The normalized spacial score (nSPS) is 13.9. The molecule has 134 valence electrons. The lowest BCUT2D eigenvalue weighted by molar-refractivity contribution is 0.398. The van der Waals surface area contributed by atoms with E-state index in [1.807, 2.05) is 31.3 Å². The molecule has 27 heavy (non-hydrogen) atoms. The van der Waals surface area contributed by atoms with E-state index in [9.17, 15) is 0 Å². The van der Waals surface area contributed by atoms with Crippen molar-refractivity contribution in [1.29, 1.82) is 0 Å². The van der Waals surface area contributed by atoms with Gasteiger partial charge in [-0.15, -0.1) is 0 Å². The zero-order chi connectivity index (χ0) is 18.4. The number of hydrogen-bond donors (Lipinski definition) is 1. The van der Waals surface area contributed by atoms with Crippen LogP contribution in [-0.4, -0.2) is 37.2 Å². The highest BCUT2D eigenvalue weighted by Crippen LogP contribution is 2.44. The quantitative estimate of drug-likeness (QED) is 0.599. The first kappa shape index (κ1) is 15.9. The highest BCUT2D eigenvalue weighted by Gasteiger charge is 2.29. The van der Waals surface area contributed by atoms with Gasteiger partial charge in [-0.1, -0.05) is 0 Å². The minimum Gasteiger partial charge on any atom is -0.481 e. The second-order valence-electron chi connectivity index (χ2n) is 6.80. The van der Waals surface area contributed by atoms with Gasteiger partial charge in [-0.2, -0.15) is 5.10 Å². The van der Waals surface area contributed by atoms with Gasteiger partial charge in [0, 0.05) is 41.2 Å². The summed E-state index contributed by atoms with van der Waals surface area (Å²) in [7, 11) is 1.60. The molecule has 0 atom stereocenters. The number of aromatic nitrogens is 6. The first-order valence-electron chi connectivity index (χ1n) is 8.91. The highest BCUT2D eigenvalue weighted by molar-refractivity contribution is 5.96. The number of aryl methyl sites for hydroxylation is 1. The lowest BCUT2D eigenvalue weighted by Crippen LogP contribution is -1.94. The zero-order valence-electron chi connectivity index (χ0n) is 15.1. The van der Waals surface area contributed by atoms with Gasteiger partial charge >= 0.3 is 0 Å². The summed E-state index contributed by atoms with van der Waals surface area (Å²) < 4.78 is 5.15. The number of pyridine rings is 2. The van der Waals surface area contributed by atoms with Crippen molar-refractivity contribution < 1.29 is 4.74 Å². The van der Waals surface area contributed by atoms with Crippen LogP contribution in [-0.2, 0) is 0 Å². The van der Waals surface area contributed by atoms with Crippen molar-refractivity contribution in [2.45, 2.75) is 25.7 Å². The van der Waals surface area contributed by atoms with Crippen molar-refractivity contribution in [2.75, 3.05) is 7.11 Å². The van der Waals surface area contributed by atoms with E-state index in [1.54, 1.807) is 19.5 Å². The van der Waals surface area contributed by atoms with Crippen LogP contribution >= 0.6 is 0 Å². The molecule has 0 unspecified atom stereocenters. The van der Waals surface area contributed by atoms with Crippen LogP contribution in [0.15, 0.2) is 36.8 Å². The van der Waals surface area contributed by atoms with E-state index in [2.05, 4.69) is 25.1 Å². The van der Waals surface area contributed by atoms with Crippen molar-refractivity contribution in [1.82, 2.24) is 30.1 Å². The minimum atomic E-state index is 0.530. The Labute approximate surface area is 155 Å². The molecule has 7 nitrogen and oxygen atoms in total. The molecular formula is C20H18N6O. The largest absolute Gasteiger partial charge is 0.481 e. The monoisotopic (exact) mass is 358 g/mol. The molecule has 0 amide bonds. The molecule has 1 fully saturated rings. The van der Waals surface area contributed by atoms with Crippen molar-refractivity contribution in [3.8, 4) is 28.4 Å². The average molecular weight is 358 g/mol. The molecule has 1 saturated carbocycles. The Morgan fingerprint density at radius 1 is 1.04 bits per heavy atom. The van der Waals surface area contributed by atoms with Crippen LogP contribution in [0.25, 0.3) is 33.5 Å². The summed E-state index contributed by atoms with van der Waals surface area (Å²) in [4.78, 5) is 18.1. The summed E-state index contributed by atoms with van der Waals surface area (Å²) in [5.41, 5.74) is 6.24. The van der Waals surface area contributed by atoms with Crippen LogP contribution in [0.2, 0.25) is 0 Å². The molecule has 4 aromatic rings. The smallest absolute Gasteiger partial charge is 0.212 e. The summed E-state index contributed by atoms with van der Waals surface area (Å²) in [5, 5.41) is 8.71. The summed E-state index contributed by atoms with van der Waals surface area (Å²) in [6, 6.07) is 5.82. The fourth-order valence-corrected chi connectivity index (χ4v) is 3.25.